The number of aryl methyl sites for hydroxylation is 3. The van der Waals surface area contributed by atoms with Crippen LogP contribution in [0.3, 0.4) is 0 Å². The van der Waals surface area contributed by atoms with Crippen molar-refractivity contribution in [1.82, 2.24) is 4.31 Å². The van der Waals surface area contributed by atoms with E-state index in [4.69, 9.17) is 0 Å². The minimum Gasteiger partial charge on any atom is -0.326 e. The number of anilines is 1. The molecule has 0 unspecified atom stereocenters. The van der Waals surface area contributed by atoms with Crippen LogP contribution in [0.25, 0.3) is 0 Å². The van der Waals surface area contributed by atoms with Crippen LogP contribution in [0.1, 0.15) is 36.5 Å². The van der Waals surface area contributed by atoms with Crippen molar-refractivity contribution < 1.29 is 13.2 Å². The molecule has 0 atom stereocenters. The van der Waals surface area contributed by atoms with Crippen LogP contribution in [0.15, 0.2) is 47.4 Å². The van der Waals surface area contributed by atoms with E-state index >= 15 is 0 Å². The molecule has 1 N–H and O–H groups in total. The fraction of sp³-hybridized carbons (Fsp3) is 0.409. The predicted octanol–water partition coefficient (Wildman–Crippen LogP) is 3.91. The van der Waals surface area contributed by atoms with E-state index in [0.29, 0.717) is 30.8 Å². The zero-order valence-corrected chi connectivity index (χ0v) is 17.6. The highest BCUT2D eigenvalue weighted by atomic mass is 32.2. The van der Waals surface area contributed by atoms with Crippen molar-refractivity contribution in [2.75, 3.05) is 18.4 Å². The topological polar surface area (TPSA) is 66.5 Å². The largest absolute Gasteiger partial charge is 0.326 e. The first kappa shape index (κ1) is 20.6. The van der Waals surface area contributed by atoms with Gasteiger partial charge in [0.05, 0.1) is 4.90 Å². The first-order chi connectivity index (χ1) is 13.3. The summed E-state index contributed by atoms with van der Waals surface area (Å²) in [6.45, 7) is 6.58. The Bertz CT molecular complexity index is 961. The summed E-state index contributed by atoms with van der Waals surface area (Å²) in [6.07, 6.45) is 1.98. The maximum atomic E-state index is 13.0. The van der Waals surface area contributed by atoms with Gasteiger partial charge in [-0.05, 0) is 62.4 Å². The fourth-order valence-corrected chi connectivity index (χ4v) is 5.38. The smallest absolute Gasteiger partial charge is 0.243 e. The predicted molar refractivity (Wildman–Crippen MR) is 112 cm³/mol. The third-order valence-corrected chi connectivity index (χ3v) is 7.43. The van der Waals surface area contributed by atoms with Gasteiger partial charge < -0.3 is 5.32 Å². The van der Waals surface area contributed by atoms with E-state index in [1.54, 1.807) is 6.07 Å². The van der Waals surface area contributed by atoms with Gasteiger partial charge in [-0.3, -0.25) is 4.79 Å². The zero-order chi connectivity index (χ0) is 20.3. The number of nitrogens with zero attached hydrogens (tertiary/aromatic N) is 1. The summed E-state index contributed by atoms with van der Waals surface area (Å²) in [7, 11) is -3.52. The molecular weight excluding hydrogens is 372 g/mol. The minimum atomic E-state index is -3.52. The molecule has 0 saturated carbocycles. The Kier molecular flexibility index (Phi) is 6.20. The average Bonchev–Trinajstić information content (AvgIpc) is 2.68. The van der Waals surface area contributed by atoms with E-state index in [2.05, 4.69) is 12.2 Å². The Morgan fingerprint density at radius 1 is 1.11 bits per heavy atom. The normalized spacial score (nSPS) is 16.1. The number of carbonyl (C=O) groups excluding carboxylic acids is 1. The minimum absolute atomic E-state index is 0.0307. The number of benzene rings is 2. The number of sulfonamides is 1. The first-order valence-electron chi connectivity index (χ1n) is 9.78. The molecular formula is C22H28N2O3S. The Labute approximate surface area is 167 Å². The molecule has 1 saturated heterocycles. The van der Waals surface area contributed by atoms with Crippen LogP contribution in [0.4, 0.5) is 5.69 Å². The molecule has 28 heavy (non-hydrogen) atoms. The molecule has 1 heterocycles. The third-order valence-electron chi connectivity index (χ3n) is 5.38. The third kappa shape index (κ3) is 4.45. The number of carbonyl (C=O) groups is 1. The number of hydrogen-bond acceptors (Lipinski definition) is 3. The molecule has 0 aromatic heterocycles. The standard InChI is InChI=1S/C22H28N2O3S/c1-4-18-6-5-7-20(15-18)23-22(25)19-10-12-24(13-11-19)28(26,27)21-9-8-16(2)14-17(21)3/h5-9,14-15,19H,4,10-13H2,1-3H3,(H,23,25). The highest BCUT2D eigenvalue weighted by Gasteiger charge is 2.32. The molecule has 1 aliphatic rings. The lowest BCUT2D eigenvalue weighted by atomic mass is 9.97. The number of rotatable bonds is 5. The van der Waals surface area contributed by atoms with Crippen LogP contribution < -0.4 is 5.32 Å². The van der Waals surface area contributed by atoms with E-state index < -0.39 is 10.0 Å². The maximum Gasteiger partial charge on any atom is 0.243 e. The van der Waals surface area contributed by atoms with Crippen molar-refractivity contribution in [3.8, 4) is 0 Å². The van der Waals surface area contributed by atoms with Gasteiger partial charge in [0, 0.05) is 24.7 Å². The second-order valence-electron chi connectivity index (χ2n) is 7.49. The SMILES string of the molecule is CCc1cccc(NC(=O)C2CCN(S(=O)(=O)c3ccc(C)cc3C)CC2)c1. The number of piperidine rings is 1. The molecule has 6 heteroatoms. The van der Waals surface area contributed by atoms with Gasteiger partial charge in [0.1, 0.15) is 0 Å². The van der Waals surface area contributed by atoms with Gasteiger partial charge in [0.15, 0.2) is 0 Å². The lowest BCUT2D eigenvalue weighted by Crippen LogP contribution is -2.41. The summed E-state index contributed by atoms with van der Waals surface area (Å²) in [5.41, 5.74) is 3.77. The highest BCUT2D eigenvalue weighted by molar-refractivity contribution is 7.89. The van der Waals surface area contributed by atoms with Crippen molar-refractivity contribution in [3.63, 3.8) is 0 Å². The van der Waals surface area contributed by atoms with Gasteiger partial charge in [0.2, 0.25) is 15.9 Å². The molecule has 0 aliphatic carbocycles. The molecule has 2 aromatic carbocycles. The Hall–Kier alpha value is -2.18. The van der Waals surface area contributed by atoms with E-state index in [0.717, 1.165) is 23.2 Å². The molecule has 1 amide bonds. The molecule has 1 fully saturated rings. The lowest BCUT2D eigenvalue weighted by Gasteiger charge is -2.31. The average molecular weight is 401 g/mol. The van der Waals surface area contributed by atoms with E-state index in [1.165, 1.54) is 9.87 Å². The van der Waals surface area contributed by atoms with Gasteiger partial charge in [-0.2, -0.15) is 4.31 Å². The molecule has 0 spiro atoms. The number of nitrogens with one attached hydrogen (secondary N) is 1. The molecule has 0 radical (unpaired) electrons. The van der Waals surface area contributed by atoms with Crippen molar-refractivity contribution in [2.45, 2.75) is 44.9 Å². The summed E-state index contributed by atoms with van der Waals surface area (Å²) in [5.74, 6) is -0.201. The van der Waals surface area contributed by atoms with Crippen LogP contribution >= 0.6 is 0 Å². The van der Waals surface area contributed by atoms with Crippen molar-refractivity contribution >= 4 is 21.6 Å². The van der Waals surface area contributed by atoms with Gasteiger partial charge >= 0.3 is 0 Å². The van der Waals surface area contributed by atoms with Crippen LogP contribution in [-0.2, 0) is 21.2 Å². The summed E-state index contributed by atoms with van der Waals surface area (Å²) in [4.78, 5) is 13.0. The van der Waals surface area contributed by atoms with Crippen LogP contribution in [0.5, 0.6) is 0 Å². The molecule has 5 nitrogen and oxygen atoms in total. The van der Waals surface area contributed by atoms with Gasteiger partial charge in [-0.1, -0.05) is 36.8 Å². The Balaban J connectivity index is 1.64. The summed E-state index contributed by atoms with van der Waals surface area (Å²) in [5, 5.41) is 2.98. The van der Waals surface area contributed by atoms with E-state index in [-0.39, 0.29) is 11.8 Å². The maximum absolute atomic E-state index is 13.0. The van der Waals surface area contributed by atoms with E-state index in [1.807, 2.05) is 50.2 Å². The highest BCUT2D eigenvalue weighted by Crippen LogP contribution is 2.27. The van der Waals surface area contributed by atoms with Gasteiger partial charge in [-0.15, -0.1) is 0 Å². The second-order valence-corrected chi connectivity index (χ2v) is 9.40. The van der Waals surface area contributed by atoms with Crippen molar-refractivity contribution in [2.24, 2.45) is 5.92 Å². The molecule has 150 valence electrons. The van der Waals surface area contributed by atoms with E-state index in [9.17, 15) is 13.2 Å². The molecule has 3 rings (SSSR count). The van der Waals surface area contributed by atoms with Gasteiger partial charge in [0.25, 0.3) is 0 Å². The second kappa shape index (κ2) is 8.45. The summed E-state index contributed by atoms with van der Waals surface area (Å²) < 4.78 is 27.5. The molecule has 1 aliphatic heterocycles. The first-order valence-corrected chi connectivity index (χ1v) is 11.2. The van der Waals surface area contributed by atoms with Crippen LogP contribution in [0, 0.1) is 19.8 Å². The van der Waals surface area contributed by atoms with Crippen molar-refractivity contribution in [3.05, 3.63) is 59.2 Å². The fourth-order valence-electron chi connectivity index (χ4n) is 3.70. The summed E-state index contributed by atoms with van der Waals surface area (Å²) >= 11 is 0. The quantitative estimate of drug-likeness (QED) is 0.828. The Morgan fingerprint density at radius 3 is 2.46 bits per heavy atom. The Morgan fingerprint density at radius 2 is 1.82 bits per heavy atom. The molecule has 2 aromatic rings. The van der Waals surface area contributed by atoms with Gasteiger partial charge in [-0.25, -0.2) is 8.42 Å². The summed E-state index contributed by atoms with van der Waals surface area (Å²) in [6, 6.07) is 13.2. The molecule has 0 bridgehead atoms. The van der Waals surface area contributed by atoms with Crippen molar-refractivity contribution in [1.29, 1.82) is 0 Å². The lowest BCUT2D eigenvalue weighted by molar-refractivity contribution is -0.120. The number of amides is 1. The van der Waals surface area contributed by atoms with Crippen LogP contribution in [0.2, 0.25) is 0 Å². The monoisotopic (exact) mass is 400 g/mol. The van der Waals surface area contributed by atoms with Crippen LogP contribution in [-0.4, -0.2) is 31.7 Å². The zero-order valence-electron chi connectivity index (χ0n) is 16.7. The number of hydrogen-bond donors (Lipinski definition) is 1.